The Morgan fingerprint density at radius 3 is 2.62 bits per heavy atom. The van der Waals surface area contributed by atoms with E-state index in [4.69, 9.17) is 17.3 Å². The first-order valence-electron chi connectivity index (χ1n) is 7.64. The fourth-order valence-corrected chi connectivity index (χ4v) is 2.35. The first kappa shape index (κ1) is 17.8. The first-order chi connectivity index (χ1) is 11.5. The molecule has 24 heavy (non-hydrogen) atoms. The lowest BCUT2D eigenvalue weighted by Gasteiger charge is -2.03. The van der Waals surface area contributed by atoms with Gasteiger partial charge in [-0.25, -0.2) is 4.68 Å². The lowest BCUT2D eigenvalue weighted by Crippen LogP contribution is -2.06. The van der Waals surface area contributed by atoms with Gasteiger partial charge in [0.1, 0.15) is 11.5 Å². The molecule has 1 heterocycles. The molecule has 4 nitrogen and oxygen atoms in total. The predicted octanol–water partition coefficient (Wildman–Crippen LogP) is 4.68. The van der Waals surface area contributed by atoms with Gasteiger partial charge in [0, 0.05) is 16.2 Å². The molecular weight excluding hydrogens is 322 g/mol. The van der Waals surface area contributed by atoms with Crippen LogP contribution in [0.15, 0.2) is 60.7 Å². The molecule has 0 bridgehead atoms. The maximum Gasteiger partial charge on any atom is 0.213 e. The molecule has 2 rings (SSSR count). The molecule has 0 amide bonds. The molecular formula is C19H20ClN3O. The molecule has 0 atom stereocenters. The Balaban J connectivity index is 2.48. The molecule has 2 N–H and O–H groups in total. The average molecular weight is 342 g/mol. The van der Waals surface area contributed by atoms with E-state index in [0.717, 1.165) is 12.1 Å². The number of nitrogens with zero attached hydrogens (tertiary/aromatic N) is 2. The number of nitrogens with two attached hydrogens (primary N) is 1. The van der Waals surface area contributed by atoms with Gasteiger partial charge in [0.05, 0.1) is 5.69 Å². The number of rotatable bonds is 6. The van der Waals surface area contributed by atoms with Crippen molar-refractivity contribution in [1.82, 2.24) is 9.78 Å². The number of hydrogen-bond acceptors (Lipinski definition) is 3. The number of Topliss-reactive ketones (excluding diaryl/α,β-unsaturated/α-hetero) is 1. The second kappa shape index (κ2) is 7.79. The fraction of sp³-hybridized carbons (Fsp3) is 0.158. The van der Waals surface area contributed by atoms with E-state index in [1.54, 1.807) is 54.1 Å². The Hall–Kier alpha value is -2.59. The van der Waals surface area contributed by atoms with Crippen LogP contribution in [-0.4, -0.2) is 15.6 Å². The summed E-state index contributed by atoms with van der Waals surface area (Å²) in [7, 11) is 0. The quantitative estimate of drug-likeness (QED) is 0.471. The minimum atomic E-state index is -0.184. The van der Waals surface area contributed by atoms with Gasteiger partial charge in [-0.3, -0.25) is 4.79 Å². The second-order valence-electron chi connectivity index (χ2n) is 5.24. The van der Waals surface area contributed by atoms with Crippen LogP contribution >= 0.6 is 11.6 Å². The van der Waals surface area contributed by atoms with Gasteiger partial charge in [-0.1, -0.05) is 49.4 Å². The van der Waals surface area contributed by atoms with E-state index in [0.29, 0.717) is 27.7 Å². The third kappa shape index (κ3) is 3.66. The number of allylic oxidation sites excluding steroid dienone is 5. The molecule has 1 aromatic heterocycles. The molecule has 0 saturated heterocycles. The summed E-state index contributed by atoms with van der Waals surface area (Å²) >= 11 is 5.91. The van der Waals surface area contributed by atoms with E-state index < -0.39 is 0 Å². The summed E-state index contributed by atoms with van der Waals surface area (Å²) in [6.45, 7) is 7.45. The summed E-state index contributed by atoms with van der Waals surface area (Å²) < 4.78 is 1.55. The highest BCUT2D eigenvalue weighted by Crippen LogP contribution is 2.23. The Morgan fingerprint density at radius 1 is 1.38 bits per heavy atom. The molecule has 2 aromatic rings. The van der Waals surface area contributed by atoms with Gasteiger partial charge in [0.25, 0.3) is 0 Å². The summed E-state index contributed by atoms with van der Waals surface area (Å²) in [5.41, 5.74) is 8.39. The van der Waals surface area contributed by atoms with Crippen LogP contribution in [-0.2, 0) is 0 Å². The van der Waals surface area contributed by atoms with E-state index >= 15 is 0 Å². The van der Waals surface area contributed by atoms with Gasteiger partial charge in [-0.05, 0) is 37.6 Å². The normalized spacial score (nSPS) is 11.9. The summed E-state index contributed by atoms with van der Waals surface area (Å²) in [4.78, 5) is 12.8. The van der Waals surface area contributed by atoms with E-state index in [2.05, 4.69) is 11.7 Å². The summed E-state index contributed by atoms with van der Waals surface area (Å²) in [5, 5.41) is 5.03. The summed E-state index contributed by atoms with van der Waals surface area (Å²) in [6, 6.07) is 7.11. The molecule has 0 aliphatic carbocycles. The zero-order valence-electron chi connectivity index (χ0n) is 13.8. The minimum Gasteiger partial charge on any atom is -0.383 e. The SMILES string of the molecule is C=C/C=C(\C=C/CC)C(=O)c1nn(-c2ccc(Cl)cc2)c(N)c1C. The molecule has 1 aromatic carbocycles. The number of anilines is 1. The van der Waals surface area contributed by atoms with Crippen molar-refractivity contribution in [2.24, 2.45) is 0 Å². The highest BCUT2D eigenvalue weighted by molar-refractivity contribution is 6.30. The third-order valence-corrected chi connectivity index (χ3v) is 3.80. The van der Waals surface area contributed by atoms with Gasteiger partial charge in [-0.2, -0.15) is 5.10 Å². The van der Waals surface area contributed by atoms with Gasteiger partial charge >= 0.3 is 0 Å². The van der Waals surface area contributed by atoms with Crippen LogP contribution in [0.1, 0.15) is 29.4 Å². The number of nitrogen functional groups attached to an aromatic ring is 1. The van der Waals surface area contributed by atoms with E-state index in [1.807, 2.05) is 13.0 Å². The second-order valence-corrected chi connectivity index (χ2v) is 5.68. The number of ketones is 1. The minimum absolute atomic E-state index is 0.184. The number of carbonyl (C=O) groups is 1. The maximum absolute atomic E-state index is 12.8. The smallest absolute Gasteiger partial charge is 0.213 e. The van der Waals surface area contributed by atoms with Crippen LogP contribution in [0.25, 0.3) is 5.69 Å². The number of aromatic nitrogens is 2. The van der Waals surface area contributed by atoms with Crippen molar-refractivity contribution in [2.45, 2.75) is 20.3 Å². The van der Waals surface area contributed by atoms with Crippen molar-refractivity contribution in [3.05, 3.63) is 77.0 Å². The molecule has 0 unspecified atom stereocenters. The molecule has 5 heteroatoms. The van der Waals surface area contributed by atoms with Gasteiger partial charge in [0.15, 0.2) is 0 Å². The van der Waals surface area contributed by atoms with Crippen LogP contribution in [0.2, 0.25) is 5.02 Å². The third-order valence-electron chi connectivity index (χ3n) is 3.55. The maximum atomic E-state index is 12.8. The molecule has 0 saturated carbocycles. The molecule has 0 radical (unpaired) electrons. The first-order valence-corrected chi connectivity index (χ1v) is 8.02. The van der Waals surface area contributed by atoms with Crippen molar-refractivity contribution in [3.63, 3.8) is 0 Å². The lowest BCUT2D eigenvalue weighted by atomic mass is 10.0. The number of hydrogen-bond donors (Lipinski definition) is 1. The monoisotopic (exact) mass is 341 g/mol. The number of benzene rings is 1. The highest BCUT2D eigenvalue weighted by Gasteiger charge is 2.20. The van der Waals surface area contributed by atoms with Crippen LogP contribution < -0.4 is 5.73 Å². The van der Waals surface area contributed by atoms with Crippen molar-refractivity contribution in [1.29, 1.82) is 0 Å². The van der Waals surface area contributed by atoms with Crippen LogP contribution in [0.3, 0.4) is 0 Å². The Bertz CT molecular complexity index is 814. The summed E-state index contributed by atoms with van der Waals surface area (Å²) in [6.07, 6.45) is 7.79. The molecule has 0 spiro atoms. The Morgan fingerprint density at radius 2 is 2.04 bits per heavy atom. The van der Waals surface area contributed by atoms with Gasteiger partial charge < -0.3 is 5.73 Å². The Kier molecular flexibility index (Phi) is 5.77. The van der Waals surface area contributed by atoms with E-state index in [9.17, 15) is 4.79 Å². The fourth-order valence-electron chi connectivity index (χ4n) is 2.22. The molecule has 0 fully saturated rings. The zero-order valence-corrected chi connectivity index (χ0v) is 14.5. The van der Waals surface area contributed by atoms with Crippen LogP contribution in [0.4, 0.5) is 5.82 Å². The number of carbonyl (C=O) groups excluding carboxylic acids is 1. The van der Waals surface area contributed by atoms with Crippen LogP contribution in [0, 0.1) is 6.92 Å². The summed E-state index contributed by atoms with van der Waals surface area (Å²) in [5.74, 6) is 0.245. The van der Waals surface area contributed by atoms with E-state index in [1.165, 1.54) is 0 Å². The highest BCUT2D eigenvalue weighted by atomic mass is 35.5. The van der Waals surface area contributed by atoms with Gasteiger partial charge in [0.2, 0.25) is 5.78 Å². The zero-order chi connectivity index (χ0) is 17.7. The average Bonchev–Trinajstić information content (AvgIpc) is 2.87. The largest absolute Gasteiger partial charge is 0.383 e. The van der Waals surface area contributed by atoms with Crippen LogP contribution in [0.5, 0.6) is 0 Å². The molecule has 0 aliphatic heterocycles. The predicted molar refractivity (Wildman–Crippen MR) is 99.8 cm³/mol. The van der Waals surface area contributed by atoms with Crippen molar-refractivity contribution in [3.8, 4) is 5.69 Å². The lowest BCUT2D eigenvalue weighted by molar-refractivity contribution is 0.103. The van der Waals surface area contributed by atoms with E-state index in [-0.39, 0.29) is 5.78 Å². The Labute approximate surface area is 146 Å². The standard InChI is InChI=1S/C19H20ClN3O/c1-4-6-8-14(7-5-2)18(24)17-13(3)19(21)23(22-17)16-11-9-15(20)10-12-16/h5-12H,2,4,21H2,1,3H3/b8-6-,14-7+. The molecule has 124 valence electrons. The van der Waals surface area contributed by atoms with Crippen molar-refractivity contribution >= 4 is 23.2 Å². The van der Waals surface area contributed by atoms with Crippen molar-refractivity contribution < 1.29 is 4.79 Å². The van der Waals surface area contributed by atoms with Gasteiger partial charge in [-0.15, -0.1) is 0 Å². The molecule has 0 aliphatic rings. The topological polar surface area (TPSA) is 60.9 Å². The number of halogens is 1. The van der Waals surface area contributed by atoms with Crippen molar-refractivity contribution in [2.75, 3.05) is 5.73 Å².